The normalized spacial score (nSPS) is 37.4. The summed E-state index contributed by atoms with van der Waals surface area (Å²) in [6.45, 7) is 8.29. The van der Waals surface area contributed by atoms with Gasteiger partial charge in [-0.05, 0) is 55.0 Å². The summed E-state index contributed by atoms with van der Waals surface area (Å²) in [5.74, 6) is 2.35. The third-order valence-corrected chi connectivity index (χ3v) is 6.53. The zero-order valence-corrected chi connectivity index (χ0v) is 15.1. The van der Waals surface area contributed by atoms with E-state index in [1.54, 1.807) is 7.11 Å². The molecule has 2 bridgehead atoms. The van der Waals surface area contributed by atoms with E-state index in [0.717, 1.165) is 36.5 Å². The highest BCUT2D eigenvalue weighted by Crippen LogP contribution is 2.45. The third kappa shape index (κ3) is 2.81. The molecule has 0 radical (unpaired) electrons. The standard InChI is InChI=1S/C21H28N2O2/c1-4-14-12-23-8-7-15(14)9-19(23)21(24)20-13(2)11-22-18-6-5-16(25-3)10-17(18)20/h4-6,10-11,13-15,19-21,24H,1,7-9,12H2,2-3H3/t13?,14?,15?,19?,20?,21-/m0/s1. The second-order valence-electron chi connectivity index (χ2n) is 7.82. The smallest absolute Gasteiger partial charge is 0.119 e. The third-order valence-electron chi connectivity index (χ3n) is 6.53. The predicted molar refractivity (Wildman–Crippen MR) is 101 cm³/mol. The fourth-order valence-electron chi connectivity index (χ4n) is 5.08. The Morgan fingerprint density at radius 2 is 2.28 bits per heavy atom. The van der Waals surface area contributed by atoms with Crippen molar-refractivity contribution in [1.82, 2.24) is 4.90 Å². The van der Waals surface area contributed by atoms with Crippen LogP contribution in [0.1, 0.15) is 31.2 Å². The molecule has 0 saturated carbocycles. The van der Waals surface area contributed by atoms with E-state index < -0.39 is 0 Å². The van der Waals surface area contributed by atoms with Gasteiger partial charge in [0.2, 0.25) is 0 Å². The monoisotopic (exact) mass is 340 g/mol. The van der Waals surface area contributed by atoms with Crippen LogP contribution in [0.3, 0.4) is 0 Å². The summed E-state index contributed by atoms with van der Waals surface area (Å²) < 4.78 is 5.41. The first-order valence-corrected chi connectivity index (χ1v) is 9.39. The van der Waals surface area contributed by atoms with Crippen LogP contribution in [0.15, 0.2) is 35.8 Å². The highest BCUT2D eigenvalue weighted by atomic mass is 16.5. The van der Waals surface area contributed by atoms with Gasteiger partial charge in [0.25, 0.3) is 0 Å². The van der Waals surface area contributed by atoms with E-state index in [2.05, 4.69) is 35.5 Å². The van der Waals surface area contributed by atoms with Crippen molar-refractivity contribution >= 4 is 11.9 Å². The van der Waals surface area contributed by atoms with Crippen LogP contribution in [0.5, 0.6) is 5.75 Å². The number of piperidine rings is 3. The zero-order chi connectivity index (χ0) is 17.6. The quantitative estimate of drug-likeness (QED) is 0.855. The Labute approximate surface area is 150 Å². The molecule has 6 unspecified atom stereocenters. The lowest BCUT2D eigenvalue weighted by atomic mass is 9.70. The zero-order valence-electron chi connectivity index (χ0n) is 15.1. The molecule has 5 rings (SSSR count). The average molecular weight is 340 g/mol. The lowest BCUT2D eigenvalue weighted by molar-refractivity contribution is -0.0553. The maximum Gasteiger partial charge on any atom is 0.119 e. The van der Waals surface area contributed by atoms with Crippen molar-refractivity contribution < 1.29 is 9.84 Å². The first-order chi connectivity index (χ1) is 12.1. The van der Waals surface area contributed by atoms with E-state index in [4.69, 9.17) is 4.74 Å². The number of hydrogen-bond acceptors (Lipinski definition) is 4. The summed E-state index contributed by atoms with van der Waals surface area (Å²) in [4.78, 5) is 7.06. The number of methoxy groups -OCH3 is 1. The molecule has 4 nitrogen and oxygen atoms in total. The summed E-state index contributed by atoms with van der Waals surface area (Å²) in [7, 11) is 1.68. The molecule has 1 N–H and O–H groups in total. The van der Waals surface area contributed by atoms with Crippen molar-refractivity contribution in [2.75, 3.05) is 20.2 Å². The van der Waals surface area contributed by atoms with Crippen molar-refractivity contribution in [3.63, 3.8) is 0 Å². The second-order valence-corrected chi connectivity index (χ2v) is 7.82. The number of nitrogens with zero attached hydrogens (tertiary/aromatic N) is 2. The molecule has 0 amide bonds. The molecule has 4 aliphatic heterocycles. The molecule has 7 atom stereocenters. The molecule has 134 valence electrons. The molecule has 4 heterocycles. The first kappa shape index (κ1) is 16.8. The number of aliphatic hydroxyl groups excluding tert-OH is 1. The Kier molecular flexibility index (Phi) is 4.42. The molecule has 25 heavy (non-hydrogen) atoms. The summed E-state index contributed by atoms with van der Waals surface area (Å²) in [5.41, 5.74) is 2.08. The van der Waals surface area contributed by atoms with Crippen LogP contribution in [0.4, 0.5) is 5.69 Å². The van der Waals surface area contributed by atoms with Crippen molar-refractivity contribution in [2.45, 2.75) is 37.8 Å². The molecule has 4 heteroatoms. The SMILES string of the molecule is C=CC1CN2CCC1CC2[C@H](O)C1c2cc(OC)ccc2N=CC1C. The number of ether oxygens (including phenoxy) is 1. The van der Waals surface area contributed by atoms with Crippen LogP contribution in [0.2, 0.25) is 0 Å². The molecule has 1 aromatic rings. The molecule has 0 spiro atoms. The highest BCUT2D eigenvalue weighted by molar-refractivity contribution is 5.73. The number of aliphatic imine (C=N–C) groups is 1. The van der Waals surface area contributed by atoms with Crippen LogP contribution in [-0.4, -0.2) is 48.6 Å². The molecular weight excluding hydrogens is 312 g/mol. The Morgan fingerprint density at radius 3 is 2.96 bits per heavy atom. The molecule has 3 fully saturated rings. The van der Waals surface area contributed by atoms with Crippen LogP contribution in [0.25, 0.3) is 0 Å². The van der Waals surface area contributed by atoms with E-state index >= 15 is 0 Å². The van der Waals surface area contributed by atoms with E-state index in [1.807, 2.05) is 18.3 Å². The maximum absolute atomic E-state index is 11.4. The minimum Gasteiger partial charge on any atom is -0.497 e. The van der Waals surface area contributed by atoms with Gasteiger partial charge in [0.05, 0.1) is 18.9 Å². The van der Waals surface area contributed by atoms with Gasteiger partial charge in [-0.15, -0.1) is 6.58 Å². The van der Waals surface area contributed by atoms with Gasteiger partial charge in [0.1, 0.15) is 5.75 Å². The van der Waals surface area contributed by atoms with Gasteiger partial charge >= 0.3 is 0 Å². The Hall–Kier alpha value is -1.65. The van der Waals surface area contributed by atoms with E-state index in [-0.39, 0.29) is 24.0 Å². The van der Waals surface area contributed by atoms with Crippen molar-refractivity contribution in [3.8, 4) is 5.75 Å². The highest BCUT2D eigenvalue weighted by Gasteiger charge is 2.45. The molecule has 4 aliphatic rings. The lowest BCUT2D eigenvalue weighted by Crippen LogP contribution is -2.58. The van der Waals surface area contributed by atoms with Gasteiger partial charge in [-0.25, -0.2) is 0 Å². The summed E-state index contributed by atoms with van der Waals surface area (Å²) >= 11 is 0. The first-order valence-electron chi connectivity index (χ1n) is 9.39. The van der Waals surface area contributed by atoms with Crippen LogP contribution < -0.4 is 4.74 Å². The van der Waals surface area contributed by atoms with Crippen molar-refractivity contribution in [1.29, 1.82) is 0 Å². The Balaban J connectivity index is 1.63. The van der Waals surface area contributed by atoms with Crippen LogP contribution >= 0.6 is 0 Å². The number of rotatable bonds is 4. The number of hydrogen-bond donors (Lipinski definition) is 1. The van der Waals surface area contributed by atoms with E-state index in [1.165, 1.54) is 6.42 Å². The number of benzene rings is 1. The average Bonchev–Trinajstić information content (AvgIpc) is 2.67. The molecule has 0 aliphatic carbocycles. The summed E-state index contributed by atoms with van der Waals surface area (Å²) in [6, 6.07) is 6.22. The van der Waals surface area contributed by atoms with E-state index in [9.17, 15) is 5.11 Å². The van der Waals surface area contributed by atoms with Gasteiger partial charge in [-0.1, -0.05) is 13.0 Å². The van der Waals surface area contributed by atoms with Crippen molar-refractivity contribution in [2.24, 2.45) is 22.7 Å². The topological polar surface area (TPSA) is 45.1 Å². The van der Waals surface area contributed by atoms with Gasteiger partial charge in [0.15, 0.2) is 0 Å². The minimum absolute atomic E-state index is 0.0640. The van der Waals surface area contributed by atoms with Gasteiger partial charge in [0, 0.05) is 30.6 Å². The largest absolute Gasteiger partial charge is 0.497 e. The molecular formula is C21H28N2O2. The maximum atomic E-state index is 11.4. The number of aliphatic hydroxyl groups is 1. The summed E-state index contributed by atoms with van der Waals surface area (Å²) in [5, 5.41) is 11.4. The van der Waals surface area contributed by atoms with E-state index in [0.29, 0.717) is 11.8 Å². The fourth-order valence-corrected chi connectivity index (χ4v) is 5.08. The van der Waals surface area contributed by atoms with Gasteiger partial charge < -0.3 is 9.84 Å². The van der Waals surface area contributed by atoms with Gasteiger partial charge in [-0.3, -0.25) is 9.89 Å². The Morgan fingerprint density at radius 1 is 1.44 bits per heavy atom. The Bertz CT molecular complexity index is 686. The fraction of sp³-hybridized carbons (Fsp3) is 0.571. The molecule has 3 saturated heterocycles. The lowest BCUT2D eigenvalue weighted by Gasteiger charge is -2.52. The van der Waals surface area contributed by atoms with Crippen LogP contribution in [0, 0.1) is 17.8 Å². The number of fused-ring (bicyclic) bond motifs is 4. The minimum atomic E-state index is -0.388. The molecule has 1 aromatic carbocycles. The molecule has 0 aromatic heterocycles. The van der Waals surface area contributed by atoms with Gasteiger partial charge in [-0.2, -0.15) is 0 Å². The summed E-state index contributed by atoms with van der Waals surface area (Å²) in [6.07, 6.45) is 6.01. The second kappa shape index (κ2) is 6.58. The predicted octanol–water partition coefficient (Wildman–Crippen LogP) is 3.39. The van der Waals surface area contributed by atoms with Crippen molar-refractivity contribution in [3.05, 3.63) is 36.4 Å². The van der Waals surface area contributed by atoms with Crippen LogP contribution in [-0.2, 0) is 0 Å².